The molecule has 1 aliphatic rings. The Hall–Kier alpha value is -3.09. The minimum Gasteiger partial charge on any atom is -0.461 e. The van der Waals surface area contributed by atoms with Crippen molar-refractivity contribution >= 4 is 22.9 Å². The van der Waals surface area contributed by atoms with Gasteiger partial charge in [0, 0.05) is 56.1 Å². The highest BCUT2D eigenvalue weighted by Gasteiger charge is 2.20. The molecule has 140 valence electrons. The van der Waals surface area contributed by atoms with E-state index in [1.807, 2.05) is 31.2 Å². The van der Waals surface area contributed by atoms with Crippen LogP contribution in [0.1, 0.15) is 11.3 Å². The fourth-order valence-corrected chi connectivity index (χ4v) is 3.50. The lowest BCUT2D eigenvalue weighted by atomic mass is 10.1. The number of nitrogens with zero attached hydrogens (tertiary/aromatic N) is 5. The number of anilines is 1. The molecule has 27 heavy (non-hydrogen) atoms. The van der Waals surface area contributed by atoms with Gasteiger partial charge in [0.15, 0.2) is 5.96 Å². The number of aryl methyl sites for hydroxylation is 1. The van der Waals surface area contributed by atoms with E-state index in [1.54, 1.807) is 12.4 Å². The Morgan fingerprint density at radius 1 is 1.11 bits per heavy atom. The SMILES string of the molecule is Cc1oc2ccccc2c1CCN=C(N)N1CCN(c2ncccn2)CC1. The summed E-state index contributed by atoms with van der Waals surface area (Å²) in [5, 5.41) is 1.17. The lowest BCUT2D eigenvalue weighted by Gasteiger charge is -2.35. The van der Waals surface area contributed by atoms with Crippen molar-refractivity contribution in [1.29, 1.82) is 0 Å². The highest BCUT2D eigenvalue weighted by Crippen LogP contribution is 2.25. The lowest BCUT2D eigenvalue weighted by Crippen LogP contribution is -2.51. The third-order valence-corrected chi connectivity index (χ3v) is 4.97. The second-order valence-electron chi connectivity index (χ2n) is 6.65. The van der Waals surface area contributed by atoms with Crippen molar-refractivity contribution in [3.05, 3.63) is 54.0 Å². The van der Waals surface area contributed by atoms with E-state index in [9.17, 15) is 0 Å². The predicted molar refractivity (Wildman–Crippen MR) is 107 cm³/mol. The Morgan fingerprint density at radius 3 is 2.63 bits per heavy atom. The van der Waals surface area contributed by atoms with Crippen LogP contribution in [0.3, 0.4) is 0 Å². The number of piperazine rings is 1. The van der Waals surface area contributed by atoms with E-state index in [0.29, 0.717) is 12.5 Å². The molecule has 0 saturated carbocycles. The fraction of sp³-hybridized carbons (Fsp3) is 0.350. The first kappa shape index (κ1) is 17.3. The van der Waals surface area contributed by atoms with Crippen LogP contribution in [0.25, 0.3) is 11.0 Å². The van der Waals surface area contributed by atoms with Crippen molar-refractivity contribution in [2.75, 3.05) is 37.6 Å². The summed E-state index contributed by atoms with van der Waals surface area (Å²) in [4.78, 5) is 17.5. The summed E-state index contributed by atoms with van der Waals surface area (Å²) < 4.78 is 5.82. The highest BCUT2D eigenvalue weighted by atomic mass is 16.3. The maximum atomic E-state index is 6.23. The van der Waals surface area contributed by atoms with Crippen molar-refractivity contribution in [3.63, 3.8) is 0 Å². The van der Waals surface area contributed by atoms with Crippen LogP contribution in [0.2, 0.25) is 0 Å². The van der Waals surface area contributed by atoms with Gasteiger partial charge in [-0.05, 0) is 25.5 Å². The van der Waals surface area contributed by atoms with Gasteiger partial charge in [0.2, 0.25) is 5.95 Å². The minimum atomic E-state index is 0.606. The third kappa shape index (κ3) is 3.72. The summed E-state index contributed by atoms with van der Waals surface area (Å²) in [7, 11) is 0. The molecule has 0 aliphatic carbocycles. The second kappa shape index (κ2) is 7.65. The molecule has 7 nitrogen and oxygen atoms in total. The van der Waals surface area contributed by atoms with Crippen molar-refractivity contribution in [3.8, 4) is 0 Å². The number of guanidine groups is 1. The van der Waals surface area contributed by atoms with Gasteiger partial charge in [-0.1, -0.05) is 18.2 Å². The molecule has 2 N–H and O–H groups in total. The summed E-state index contributed by atoms with van der Waals surface area (Å²) in [6.45, 7) is 5.98. The first-order valence-corrected chi connectivity index (χ1v) is 9.26. The number of hydrogen-bond donors (Lipinski definition) is 1. The van der Waals surface area contributed by atoms with Gasteiger partial charge in [-0.3, -0.25) is 4.99 Å². The van der Waals surface area contributed by atoms with Crippen molar-refractivity contribution in [1.82, 2.24) is 14.9 Å². The Kier molecular flexibility index (Phi) is 4.91. The predicted octanol–water partition coefficient (Wildman–Crippen LogP) is 2.21. The molecule has 2 aromatic heterocycles. The molecule has 0 unspecified atom stereocenters. The van der Waals surface area contributed by atoms with Crippen LogP contribution in [0.5, 0.6) is 0 Å². The first-order chi connectivity index (χ1) is 13.2. The van der Waals surface area contributed by atoms with Gasteiger partial charge >= 0.3 is 0 Å². The van der Waals surface area contributed by atoms with Crippen molar-refractivity contribution in [2.45, 2.75) is 13.3 Å². The van der Waals surface area contributed by atoms with E-state index in [1.165, 1.54) is 10.9 Å². The van der Waals surface area contributed by atoms with E-state index < -0.39 is 0 Å². The summed E-state index contributed by atoms with van der Waals surface area (Å²) in [5.74, 6) is 2.34. The van der Waals surface area contributed by atoms with Crippen LogP contribution >= 0.6 is 0 Å². The number of rotatable bonds is 4. The number of aliphatic imine (C=N–C) groups is 1. The smallest absolute Gasteiger partial charge is 0.225 e. The molecule has 1 saturated heterocycles. The largest absolute Gasteiger partial charge is 0.461 e. The number of nitrogens with two attached hydrogens (primary N) is 1. The van der Waals surface area contributed by atoms with Gasteiger partial charge in [-0.15, -0.1) is 0 Å². The molecule has 1 fully saturated rings. The van der Waals surface area contributed by atoms with E-state index in [2.05, 4.69) is 30.8 Å². The van der Waals surface area contributed by atoms with Gasteiger partial charge in [0.1, 0.15) is 11.3 Å². The number of benzene rings is 1. The number of fused-ring (bicyclic) bond motifs is 1. The molecule has 0 amide bonds. The van der Waals surface area contributed by atoms with Crippen molar-refractivity contribution < 1.29 is 4.42 Å². The van der Waals surface area contributed by atoms with E-state index in [0.717, 1.165) is 49.9 Å². The molecule has 0 radical (unpaired) electrons. The fourth-order valence-electron chi connectivity index (χ4n) is 3.50. The maximum absolute atomic E-state index is 6.23. The second-order valence-corrected chi connectivity index (χ2v) is 6.65. The van der Waals surface area contributed by atoms with Crippen LogP contribution in [0.4, 0.5) is 5.95 Å². The highest BCUT2D eigenvalue weighted by molar-refractivity contribution is 5.82. The average molecular weight is 364 g/mol. The van der Waals surface area contributed by atoms with Gasteiger partial charge in [-0.25, -0.2) is 9.97 Å². The Morgan fingerprint density at radius 2 is 1.85 bits per heavy atom. The van der Waals surface area contributed by atoms with Gasteiger partial charge in [-0.2, -0.15) is 0 Å². The Labute approximate surface area is 158 Å². The summed E-state index contributed by atoms with van der Waals surface area (Å²) in [5.41, 5.74) is 8.37. The Bertz CT molecular complexity index is 928. The zero-order valence-corrected chi connectivity index (χ0v) is 15.5. The molecule has 4 rings (SSSR count). The summed E-state index contributed by atoms with van der Waals surface area (Å²) >= 11 is 0. The van der Waals surface area contributed by atoms with Gasteiger partial charge in [0.25, 0.3) is 0 Å². The molecular weight excluding hydrogens is 340 g/mol. The quantitative estimate of drug-likeness (QED) is 0.564. The van der Waals surface area contributed by atoms with Crippen LogP contribution in [0.15, 0.2) is 52.1 Å². The van der Waals surface area contributed by atoms with Crippen LogP contribution in [-0.2, 0) is 6.42 Å². The molecule has 1 aromatic carbocycles. The van der Waals surface area contributed by atoms with E-state index in [4.69, 9.17) is 10.2 Å². The zero-order valence-electron chi connectivity index (χ0n) is 15.5. The average Bonchev–Trinajstić information content (AvgIpc) is 3.04. The molecule has 3 aromatic rings. The topological polar surface area (TPSA) is 83.8 Å². The van der Waals surface area contributed by atoms with E-state index >= 15 is 0 Å². The minimum absolute atomic E-state index is 0.606. The number of para-hydroxylation sites is 1. The van der Waals surface area contributed by atoms with Crippen LogP contribution in [-0.4, -0.2) is 53.6 Å². The first-order valence-electron chi connectivity index (χ1n) is 9.26. The van der Waals surface area contributed by atoms with Crippen LogP contribution in [0, 0.1) is 6.92 Å². The molecule has 7 heteroatoms. The number of hydrogen-bond acceptors (Lipinski definition) is 5. The molecule has 0 atom stereocenters. The van der Waals surface area contributed by atoms with Gasteiger partial charge < -0.3 is 20.0 Å². The molecule has 1 aliphatic heterocycles. The van der Waals surface area contributed by atoms with E-state index in [-0.39, 0.29) is 0 Å². The monoisotopic (exact) mass is 364 g/mol. The standard InChI is InChI=1S/C20H24N6O/c1-15-16(17-5-2-3-6-18(17)27-15)7-10-22-19(21)25-11-13-26(14-12-25)20-23-8-4-9-24-20/h2-6,8-9H,7,10-14H2,1H3,(H2,21,22). The zero-order chi connectivity index (χ0) is 18.6. The Balaban J connectivity index is 1.34. The summed E-state index contributed by atoms with van der Waals surface area (Å²) in [6.07, 6.45) is 4.36. The molecular formula is C20H24N6O. The van der Waals surface area contributed by atoms with Crippen LogP contribution < -0.4 is 10.6 Å². The molecule has 3 heterocycles. The van der Waals surface area contributed by atoms with Crippen molar-refractivity contribution in [2.24, 2.45) is 10.7 Å². The lowest BCUT2D eigenvalue weighted by molar-refractivity contribution is 0.378. The maximum Gasteiger partial charge on any atom is 0.225 e. The molecule has 0 bridgehead atoms. The molecule has 0 spiro atoms. The number of furan rings is 1. The van der Waals surface area contributed by atoms with Gasteiger partial charge in [0.05, 0.1) is 0 Å². The summed E-state index contributed by atoms with van der Waals surface area (Å²) in [6, 6.07) is 9.95. The number of aromatic nitrogens is 2. The normalized spacial score (nSPS) is 15.5. The third-order valence-electron chi connectivity index (χ3n) is 4.97.